The van der Waals surface area contributed by atoms with Crippen LogP contribution in [0.25, 0.3) is 0 Å². The second-order valence-electron chi connectivity index (χ2n) is 4.70. The normalized spacial score (nSPS) is 20.7. The molecule has 0 aromatic heterocycles. The monoisotopic (exact) mass is 217 g/mol. The molecular weight excluding hydrogens is 198 g/mol. The smallest absolute Gasteiger partial charge is 0.230 e. The van der Waals surface area contributed by atoms with Gasteiger partial charge in [-0.1, -0.05) is 32.0 Å². The van der Waals surface area contributed by atoms with Crippen LogP contribution < -0.4 is 4.90 Å². The molecule has 0 radical (unpaired) electrons. The summed E-state index contributed by atoms with van der Waals surface area (Å²) >= 11 is 0. The quantitative estimate of drug-likeness (QED) is 0.745. The highest BCUT2D eigenvalue weighted by molar-refractivity contribution is 5.97. The zero-order chi connectivity index (χ0) is 11.7. The van der Waals surface area contributed by atoms with E-state index >= 15 is 0 Å². The number of carbonyl (C=O) groups is 1. The van der Waals surface area contributed by atoms with Crippen LogP contribution in [-0.4, -0.2) is 11.9 Å². The molecule has 0 saturated heterocycles. The van der Waals surface area contributed by atoms with Crippen LogP contribution in [0.3, 0.4) is 0 Å². The Bertz CT molecular complexity index is 399. The third-order valence-corrected chi connectivity index (χ3v) is 3.48. The summed E-state index contributed by atoms with van der Waals surface area (Å²) in [5, 5.41) is 0. The van der Waals surface area contributed by atoms with Crippen LogP contribution in [0.1, 0.15) is 32.8 Å². The number of benzene rings is 1. The van der Waals surface area contributed by atoms with Crippen LogP contribution in [0.5, 0.6) is 0 Å². The average Bonchev–Trinajstić information content (AvgIpc) is 2.63. The fraction of sp³-hybridized carbons (Fsp3) is 0.500. The molecule has 0 fully saturated rings. The Morgan fingerprint density at radius 2 is 2.19 bits per heavy atom. The average molecular weight is 217 g/mol. The zero-order valence-electron chi connectivity index (χ0n) is 10.2. The van der Waals surface area contributed by atoms with E-state index in [0.29, 0.717) is 6.04 Å². The molecule has 16 heavy (non-hydrogen) atoms. The molecule has 86 valence electrons. The molecule has 1 aliphatic rings. The fourth-order valence-corrected chi connectivity index (χ4v) is 2.31. The minimum atomic E-state index is 0.119. The van der Waals surface area contributed by atoms with Gasteiger partial charge in [0.1, 0.15) is 0 Å². The van der Waals surface area contributed by atoms with E-state index in [1.807, 2.05) is 24.0 Å². The van der Waals surface area contributed by atoms with Crippen molar-refractivity contribution in [1.29, 1.82) is 0 Å². The highest BCUT2D eigenvalue weighted by Crippen LogP contribution is 2.33. The first kappa shape index (κ1) is 11.2. The van der Waals surface area contributed by atoms with Crippen LogP contribution >= 0.6 is 0 Å². The van der Waals surface area contributed by atoms with E-state index in [1.165, 1.54) is 5.56 Å². The third kappa shape index (κ3) is 1.73. The summed E-state index contributed by atoms with van der Waals surface area (Å²) < 4.78 is 0. The topological polar surface area (TPSA) is 20.3 Å². The van der Waals surface area contributed by atoms with Gasteiger partial charge < -0.3 is 4.90 Å². The summed E-state index contributed by atoms with van der Waals surface area (Å²) in [7, 11) is 0. The van der Waals surface area contributed by atoms with Crippen molar-refractivity contribution >= 4 is 11.6 Å². The van der Waals surface area contributed by atoms with Crippen molar-refractivity contribution in [2.45, 2.75) is 39.7 Å². The molecule has 0 spiro atoms. The van der Waals surface area contributed by atoms with E-state index in [-0.39, 0.29) is 11.8 Å². The second-order valence-corrected chi connectivity index (χ2v) is 4.70. The maximum Gasteiger partial charge on any atom is 0.230 e. The van der Waals surface area contributed by atoms with Gasteiger partial charge in [0.05, 0.1) is 0 Å². The Balaban J connectivity index is 2.32. The molecule has 1 heterocycles. The van der Waals surface area contributed by atoms with E-state index in [4.69, 9.17) is 0 Å². The number of carbonyl (C=O) groups excluding carboxylic acids is 1. The first-order chi connectivity index (χ1) is 7.65. The van der Waals surface area contributed by atoms with Gasteiger partial charge in [-0.25, -0.2) is 0 Å². The molecular formula is C14H19NO. The number of hydrogen-bond acceptors (Lipinski definition) is 1. The van der Waals surface area contributed by atoms with Crippen molar-refractivity contribution in [2.24, 2.45) is 5.92 Å². The summed E-state index contributed by atoms with van der Waals surface area (Å²) in [6.45, 7) is 6.20. The number of nitrogens with zero attached hydrogens (tertiary/aromatic N) is 1. The van der Waals surface area contributed by atoms with Gasteiger partial charge in [0.2, 0.25) is 5.91 Å². The lowest BCUT2D eigenvalue weighted by atomic mass is 10.1. The molecule has 0 saturated carbocycles. The third-order valence-electron chi connectivity index (χ3n) is 3.48. The molecule has 1 amide bonds. The van der Waals surface area contributed by atoms with Crippen LogP contribution in [0, 0.1) is 5.92 Å². The fourth-order valence-electron chi connectivity index (χ4n) is 2.31. The van der Waals surface area contributed by atoms with Crippen LogP contribution in [0.4, 0.5) is 5.69 Å². The van der Waals surface area contributed by atoms with Crippen molar-refractivity contribution < 1.29 is 4.79 Å². The van der Waals surface area contributed by atoms with E-state index in [0.717, 1.165) is 18.5 Å². The summed E-state index contributed by atoms with van der Waals surface area (Å²) in [6, 6.07) is 8.53. The number of hydrogen-bond donors (Lipinski definition) is 0. The highest BCUT2D eigenvalue weighted by atomic mass is 16.2. The lowest BCUT2D eigenvalue weighted by Crippen LogP contribution is -2.39. The number of rotatable bonds is 2. The number of anilines is 1. The maximum atomic E-state index is 12.3. The Hall–Kier alpha value is -1.31. The molecule has 1 aliphatic heterocycles. The second kappa shape index (κ2) is 4.28. The molecule has 2 nitrogen and oxygen atoms in total. The molecule has 0 bridgehead atoms. The van der Waals surface area contributed by atoms with Gasteiger partial charge in [-0.05, 0) is 31.4 Å². The minimum Gasteiger partial charge on any atom is -0.309 e. The zero-order valence-corrected chi connectivity index (χ0v) is 10.2. The maximum absolute atomic E-state index is 12.3. The Morgan fingerprint density at radius 1 is 1.50 bits per heavy atom. The van der Waals surface area contributed by atoms with Crippen molar-refractivity contribution in [3.05, 3.63) is 29.8 Å². The van der Waals surface area contributed by atoms with E-state index in [1.54, 1.807) is 0 Å². The van der Waals surface area contributed by atoms with Crippen molar-refractivity contribution in [3.63, 3.8) is 0 Å². The van der Waals surface area contributed by atoms with Crippen LogP contribution in [0.15, 0.2) is 24.3 Å². The summed E-state index contributed by atoms with van der Waals surface area (Å²) in [6.07, 6.45) is 1.89. The minimum absolute atomic E-state index is 0.119. The van der Waals surface area contributed by atoms with Gasteiger partial charge in [-0.3, -0.25) is 4.79 Å². The van der Waals surface area contributed by atoms with Crippen molar-refractivity contribution in [1.82, 2.24) is 0 Å². The Kier molecular flexibility index (Phi) is 2.99. The van der Waals surface area contributed by atoms with E-state index < -0.39 is 0 Å². The lowest BCUT2D eigenvalue weighted by molar-refractivity contribution is -0.122. The molecule has 2 unspecified atom stereocenters. The molecule has 1 aromatic rings. The lowest BCUT2D eigenvalue weighted by Gasteiger charge is -2.25. The van der Waals surface area contributed by atoms with Gasteiger partial charge >= 0.3 is 0 Å². The number of amides is 1. The first-order valence-corrected chi connectivity index (χ1v) is 6.06. The summed E-state index contributed by atoms with van der Waals surface area (Å²) in [4.78, 5) is 14.3. The SMILES string of the molecule is CCC(C)C(=O)N1c2ccccc2CC1C. The number of fused-ring (bicyclic) bond motifs is 1. The summed E-state index contributed by atoms with van der Waals surface area (Å²) in [5.41, 5.74) is 2.41. The van der Waals surface area contributed by atoms with Gasteiger partial charge in [-0.2, -0.15) is 0 Å². The Labute approximate surface area is 97.3 Å². The van der Waals surface area contributed by atoms with Gasteiger partial charge in [0.15, 0.2) is 0 Å². The van der Waals surface area contributed by atoms with Gasteiger partial charge in [0, 0.05) is 17.6 Å². The molecule has 1 aromatic carbocycles. The first-order valence-electron chi connectivity index (χ1n) is 6.06. The van der Waals surface area contributed by atoms with E-state index in [9.17, 15) is 4.79 Å². The van der Waals surface area contributed by atoms with Crippen LogP contribution in [-0.2, 0) is 11.2 Å². The molecule has 2 heteroatoms. The predicted molar refractivity (Wildman–Crippen MR) is 66.5 cm³/mol. The molecule has 0 aliphatic carbocycles. The van der Waals surface area contributed by atoms with Crippen LogP contribution in [0.2, 0.25) is 0 Å². The summed E-state index contributed by atoms with van der Waals surface area (Å²) in [5.74, 6) is 0.383. The molecule has 2 rings (SSSR count). The number of para-hydroxylation sites is 1. The predicted octanol–water partition coefficient (Wildman–Crippen LogP) is 3.01. The standard InChI is InChI=1S/C14H19NO/c1-4-10(2)14(16)15-11(3)9-12-7-5-6-8-13(12)15/h5-8,10-11H,4,9H2,1-3H3. The van der Waals surface area contributed by atoms with Crippen molar-refractivity contribution in [3.8, 4) is 0 Å². The van der Waals surface area contributed by atoms with E-state index in [2.05, 4.69) is 26.0 Å². The van der Waals surface area contributed by atoms with Gasteiger partial charge in [0.25, 0.3) is 0 Å². The highest BCUT2D eigenvalue weighted by Gasteiger charge is 2.32. The van der Waals surface area contributed by atoms with Gasteiger partial charge in [-0.15, -0.1) is 0 Å². The Morgan fingerprint density at radius 3 is 2.88 bits per heavy atom. The largest absolute Gasteiger partial charge is 0.309 e. The van der Waals surface area contributed by atoms with Crippen molar-refractivity contribution in [2.75, 3.05) is 4.90 Å². The molecule has 0 N–H and O–H groups in total. The molecule has 2 atom stereocenters.